The zero-order valence-electron chi connectivity index (χ0n) is 17.6. The molecule has 2 aromatic carbocycles. The third kappa shape index (κ3) is 4.54. The Kier molecular flexibility index (Phi) is 6.60. The first-order chi connectivity index (χ1) is 15.6. The van der Waals surface area contributed by atoms with Crippen molar-refractivity contribution in [3.05, 3.63) is 48.0 Å². The maximum absolute atomic E-state index is 11.1. The summed E-state index contributed by atoms with van der Waals surface area (Å²) in [6, 6.07) is 12.9. The number of para-hydroxylation sites is 2. The molecular weight excluding hydrogens is 432 g/mol. The summed E-state index contributed by atoms with van der Waals surface area (Å²) in [6.45, 7) is 1.56. The van der Waals surface area contributed by atoms with Gasteiger partial charge < -0.3 is 24.6 Å². The minimum absolute atomic E-state index is 0.276. The summed E-state index contributed by atoms with van der Waals surface area (Å²) < 4.78 is 17.2. The molecule has 0 unspecified atom stereocenters. The number of hydrogen-bond acceptors (Lipinski definition) is 9. The second kappa shape index (κ2) is 9.73. The monoisotopic (exact) mass is 454 g/mol. The Morgan fingerprint density at radius 1 is 1.22 bits per heavy atom. The fourth-order valence-corrected chi connectivity index (χ4v) is 3.86. The number of fused-ring (bicyclic) bond motifs is 3. The Morgan fingerprint density at radius 3 is 2.84 bits per heavy atom. The third-order valence-corrected chi connectivity index (χ3v) is 5.66. The average Bonchev–Trinajstić information content (AvgIpc) is 2.97. The van der Waals surface area contributed by atoms with Crippen LogP contribution in [0.1, 0.15) is 25.1 Å². The molecule has 0 saturated carbocycles. The van der Waals surface area contributed by atoms with Gasteiger partial charge in [0.05, 0.1) is 12.7 Å². The van der Waals surface area contributed by atoms with Gasteiger partial charge in [-0.1, -0.05) is 43.0 Å². The quantitative estimate of drug-likeness (QED) is 0.484. The van der Waals surface area contributed by atoms with Gasteiger partial charge in [-0.3, -0.25) is 0 Å². The first kappa shape index (κ1) is 21.7. The number of hydrogen-bond donors (Lipinski definition) is 2. The van der Waals surface area contributed by atoms with Crippen LogP contribution in [-0.4, -0.2) is 45.7 Å². The summed E-state index contributed by atoms with van der Waals surface area (Å²) in [5.41, 5.74) is 2.66. The van der Waals surface area contributed by atoms with Crippen LogP contribution in [0.3, 0.4) is 0 Å². The van der Waals surface area contributed by atoms with E-state index >= 15 is 0 Å². The second-order valence-corrected chi connectivity index (χ2v) is 7.91. The van der Waals surface area contributed by atoms with Gasteiger partial charge in [0.15, 0.2) is 23.8 Å². The highest BCUT2D eigenvalue weighted by molar-refractivity contribution is 7.99. The SMILES string of the molecule is CCCSc1nnc2c(n1)O[C@@H](c1cccc(OC)c1OCC(=O)O)Nc1ccccc1-2. The van der Waals surface area contributed by atoms with Gasteiger partial charge in [0, 0.05) is 17.0 Å². The highest BCUT2D eigenvalue weighted by Gasteiger charge is 2.29. The molecule has 0 amide bonds. The van der Waals surface area contributed by atoms with Gasteiger partial charge >= 0.3 is 5.97 Å². The Balaban J connectivity index is 1.80. The summed E-state index contributed by atoms with van der Waals surface area (Å²) in [5.74, 6) is 0.766. The van der Waals surface area contributed by atoms with Crippen molar-refractivity contribution in [1.29, 1.82) is 0 Å². The maximum Gasteiger partial charge on any atom is 0.341 e. The first-order valence-corrected chi connectivity index (χ1v) is 11.0. The molecule has 2 heterocycles. The molecule has 2 N–H and O–H groups in total. The number of aromatic nitrogens is 3. The van der Waals surface area contributed by atoms with Gasteiger partial charge in [-0.25, -0.2) is 4.79 Å². The number of nitrogens with zero attached hydrogens (tertiary/aromatic N) is 3. The zero-order valence-corrected chi connectivity index (χ0v) is 18.4. The molecule has 1 aromatic heterocycles. The van der Waals surface area contributed by atoms with Crippen LogP contribution in [0.25, 0.3) is 11.3 Å². The molecule has 0 bridgehead atoms. The highest BCUT2D eigenvalue weighted by atomic mass is 32.2. The van der Waals surface area contributed by atoms with Gasteiger partial charge in [0.25, 0.3) is 0 Å². The van der Waals surface area contributed by atoms with Crippen LogP contribution in [0.2, 0.25) is 0 Å². The molecule has 32 heavy (non-hydrogen) atoms. The minimum Gasteiger partial charge on any atom is -0.493 e. The Bertz CT molecular complexity index is 1130. The molecule has 4 rings (SSSR count). The normalized spacial score (nSPS) is 14.2. The molecule has 3 aromatic rings. The van der Waals surface area contributed by atoms with E-state index in [1.54, 1.807) is 18.2 Å². The van der Waals surface area contributed by atoms with Gasteiger partial charge in [0.2, 0.25) is 17.3 Å². The topological polar surface area (TPSA) is 116 Å². The predicted molar refractivity (Wildman–Crippen MR) is 119 cm³/mol. The predicted octanol–water partition coefficient (Wildman–Crippen LogP) is 4.02. The number of anilines is 1. The van der Waals surface area contributed by atoms with Crippen LogP contribution < -0.4 is 19.5 Å². The average molecular weight is 455 g/mol. The number of carboxylic acid groups (broad SMARTS) is 1. The van der Waals surface area contributed by atoms with Crippen LogP contribution >= 0.6 is 11.8 Å². The molecule has 10 heteroatoms. The van der Waals surface area contributed by atoms with E-state index in [-0.39, 0.29) is 5.75 Å². The van der Waals surface area contributed by atoms with Gasteiger partial charge in [0.1, 0.15) is 0 Å². The third-order valence-electron chi connectivity index (χ3n) is 4.62. The van der Waals surface area contributed by atoms with E-state index in [1.807, 2.05) is 24.3 Å². The number of benzene rings is 2. The van der Waals surface area contributed by atoms with E-state index in [4.69, 9.17) is 19.3 Å². The smallest absolute Gasteiger partial charge is 0.341 e. The van der Waals surface area contributed by atoms with Crippen LogP contribution in [0.4, 0.5) is 5.69 Å². The lowest BCUT2D eigenvalue weighted by Crippen LogP contribution is -2.20. The number of carboxylic acids is 1. The molecule has 0 fully saturated rings. The summed E-state index contributed by atoms with van der Waals surface area (Å²) in [6.07, 6.45) is 0.240. The first-order valence-electron chi connectivity index (χ1n) is 10.0. The maximum atomic E-state index is 11.1. The second-order valence-electron chi connectivity index (χ2n) is 6.85. The molecule has 9 nitrogen and oxygen atoms in total. The summed E-state index contributed by atoms with van der Waals surface area (Å²) in [5, 5.41) is 21.6. The van der Waals surface area contributed by atoms with Crippen molar-refractivity contribution in [1.82, 2.24) is 15.2 Å². The molecule has 1 aliphatic heterocycles. The highest BCUT2D eigenvalue weighted by Crippen LogP contribution is 2.43. The number of aliphatic carboxylic acids is 1. The van der Waals surface area contributed by atoms with Crippen LogP contribution in [-0.2, 0) is 4.79 Å². The van der Waals surface area contributed by atoms with E-state index in [0.717, 1.165) is 23.4 Å². The molecule has 0 saturated heterocycles. The summed E-state index contributed by atoms with van der Waals surface area (Å²) in [4.78, 5) is 15.7. The van der Waals surface area contributed by atoms with Crippen molar-refractivity contribution < 1.29 is 24.1 Å². The number of methoxy groups -OCH3 is 1. The van der Waals surface area contributed by atoms with Crippen molar-refractivity contribution >= 4 is 23.4 Å². The lowest BCUT2D eigenvalue weighted by Gasteiger charge is -2.22. The van der Waals surface area contributed by atoms with E-state index in [0.29, 0.717) is 28.0 Å². The van der Waals surface area contributed by atoms with Gasteiger partial charge in [-0.15, -0.1) is 10.2 Å². The van der Waals surface area contributed by atoms with Crippen molar-refractivity contribution in [3.8, 4) is 28.6 Å². The Morgan fingerprint density at radius 2 is 2.06 bits per heavy atom. The number of ether oxygens (including phenoxy) is 3. The summed E-state index contributed by atoms with van der Waals surface area (Å²) >= 11 is 1.50. The van der Waals surface area contributed by atoms with E-state index < -0.39 is 18.8 Å². The van der Waals surface area contributed by atoms with E-state index in [1.165, 1.54) is 18.9 Å². The molecule has 1 atom stereocenters. The van der Waals surface area contributed by atoms with Crippen molar-refractivity contribution in [2.45, 2.75) is 24.7 Å². The van der Waals surface area contributed by atoms with Gasteiger partial charge in [-0.05, 0) is 24.6 Å². The fourth-order valence-electron chi connectivity index (χ4n) is 3.23. The minimum atomic E-state index is -1.10. The van der Waals surface area contributed by atoms with E-state index in [2.05, 4.69) is 27.4 Å². The largest absolute Gasteiger partial charge is 0.493 e. The molecular formula is C22H22N4O5S. The van der Waals surface area contributed by atoms with Crippen molar-refractivity contribution in [2.75, 3.05) is 24.8 Å². The number of thioether (sulfide) groups is 1. The lowest BCUT2D eigenvalue weighted by molar-refractivity contribution is -0.139. The Labute approximate surface area is 189 Å². The molecule has 0 aliphatic carbocycles. The Hall–Kier alpha value is -3.53. The zero-order chi connectivity index (χ0) is 22.5. The van der Waals surface area contributed by atoms with Crippen LogP contribution in [0, 0.1) is 0 Å². The number of rotatable bonds is 8. The fraction of sp³-hybridized carbons (Fsp3) is 0.273. The van der Waals surface area contributed by atoms with Gasteiger partial charge in [-0.2, -0.15) is 4.98 Å². The number of carbonyl (C=O) groups is 1. The molecule has 1 aliphatic rings. The lowest BCUT2D eigenvalue weighted by atomic mass is 10.1. The number of nitrogens with one attached hydrogen (secondary N) is 1. The standard InChI is InChI=1S/C22H22N4O5S/c1-3-11-32-22-24-21-18(25-26-22)13-7-4-5-9-15(13)23-20(31-21)14-8-6-10-16(29-2)19(14)30-12-17(27)28/h4-10,20,23H,3,11-12H2,1-2H3,(H,27,28)/t20-/m0/s1. The molecule has 0 radical (unpaired) electrons. The van der Waals surface area contributed by atoms with E-state index in [9.17, 15) is 4.79 Å². The molecule has 0 spiro atoms. The molecule has 166 valence electrons. The summed E-state index contributed by atoms with van der Waals surface area (Å²) in [7, 11) is 1.49. The van der Waals surface area contributed by atoms with Crippen molar-refractivity contribution in [3.63, 3.8) is 0 Å². The van der Waals surface area contributed by atoms with Crippen molar-refractivity contribution in [2.24, 2.45) is 0 Å². The van der Waals surface area contributed by atoms with Crippen LogP contribution in [0.15, 0.2) is 47.6 Å². The van der Waals surface area contributed by atoms with Crippen LogP contribution in [0.5, 0.6) is 17.4 Å².